The average Bonchev–Trinajstić information content (AvgIpc) is 2.43. The molecule has 0 spiro atoms. The van der Waals surface area contributed by atoms with Crippen LogP contribution < -0.4 is 10.6 Å². The lowest BCUT2D eigenvalue weighted by atomic mass is 9.98. The van der Waals surface area contributed by atoms with Crippen LogP contribution in [0.5, 0.6) is 0 Å². The zero-order chi connectivity index (χ0) is 14.1. The van der Waals surface area contributed by atoms with E-state index in [0.29, 0.717) is 13.2 Å². The van der Waals surface area contributed by atoms with Gasteiger partial charge < -0.3 is 20.3 Å². The number of hydrogen-bond acceptors (Lipinski definition) is 4. The van der Waals surface area contributed by atoms with Crippen molar-refractivity contribution in [2.75, 3.05) is 46.9 Å². The smallest absolute Gasteiger partial charge is 0.239 e. The average molecular weight is 271 g/mol. The number of carbonyl (C=O) groups is 2. The molecule has 6 nitrogen and oxygen atoms in total. The molecule has 2 amide bonds. The zero-order valence-electron chi connectivity index (χ0n) is 11.9. The Morgan fingerprint density at radius 2 is 2.26 bits per heavy atom. The first-order chi connectivity index (χ1) is 9.15. The zero-order valence-corrected chi connectivity index (χ0v) is 11.9. The lowest BCUT2D eigenvalue weighted by Crippen LogP contribution is -2.45. The predicted molar refractivity (Wildman–Crippen MR) is 72.7 cm³/mol. The normalized spacial score (nSPS) is 18.9. The summed E-state index contributed by atoms with van der Waals surface area (Å²) in [6.07, 6.45) is 2.71. The number of rotatable bonds is 7. The van der Waals surface area contributed by atoms with Gasteiger partial charge in [-0.2, -0.15) is 0 Å². The molecule has 1 saturated heterocycles. The molecule has 0 aromatic carbocycles. The van der Waals surface area contributed by atoms with Gasteiger partial charge in [0.05, 0.1) is 12.5 Å². The van der Waals surface area contributed by atoms with Gasteiger partial charge in [0.25, 0.3) is 0 Å². The first-order valence-corrected chi connectivity index (χ1v) is 6.86. The summed E-state index contributed by atoms with van der Waals surface area (Å²) in [7, 11) is 3.32. The number of likely N-dealkylation sites (N-methyl/N-ethyl adjacent to an activating group) is 1. The summed E-state index contributed by atoms with van der Waals surface area (Å²) >= 11 is 0. The van der Waals surface area contributed by atoms with E-state index in [0.717, 1.165) is 32.4 Å². The summed E-state index contributed by atoms with van der Waals surface area (Å²) < 4.78 is 4.90. The highest BCUT2D eigenvalue weighted by molar-refractivity contribution is 5.85. The summed E-state index contributed by atoms with van der Waals surface area (Å²) in [5.74, 6) is -0.0463. The second kappa shape index (κ2) is 8.87. The van der Waals surface area contributed by atoms with Crippen molar-refractivity contribution >= 4 is 11.8 Å². The summed E-state index contributed by atoms with van der Waals surface area (Å²) in [5, 5.41) is 5.99. The molecule has 1 heterocycles. The number of carbonyl (C=O) groups excluding carboxylic acids is 2. The molecule has 1 rings (SSSR count). The molecule has 0 aliphatic carbocycles. The van der Waals surface area contributed by atoms with Gasteiger partial charge in [-0.1, -0.05) is 0 Å². The number of hydrogen-bond donors (Lipinski definition) is 2. The Balaban J connectivity index is 2.22. The minimum absolute atomic E-state index is 0.0139. The predicted octanol–water partition coefficient (Wildman–Crippen LogP) is -0.403. The highest BCUT2D eigenvalue weighted by Gasteiger charge is 2.24. The SMILES string of the molecule is COCCCNC(=O)CN(C)C(=O)C1CCCNC1. The van der Waals surface area contributed by atoms with E-state index in [4.69, 9.17) is 4.74 Å². The van der Waals surface area contributed by atoms with E-state index >= 15 is 0 Å². The van der Waals surface area contributed by atoms with Gasteiger partial charge in [0.1, 0.15) is 0 Å². The second-order valence-corrected chi connectivity index (χ2v) is 4.93. The summed E-state index contributed by atoms with van der Waals surface area (Å²) in [4.78, 5) is 25.3. The van der Waals surface area contributed by atoms with Crippen LogP contribution in [0.3, 0.4) is 0 Å². The highest BCUT2D eigenvalue weighted by atomic mass is 16.5. The molecule has 0 aromatic heterocycles. The Bertz CT molecular complexity index is 291. The van der Waals surface area contributed by atoms with Crippen molar-refractivity contribution in [1.82, 2.24) is 15.5 Å². The molecule has 1 aliphatic heterocycles. The maximum absolute atomic E-state index is 12.1. The van der Waals surface area contributed by atoms with Crippen molar-refractivity contribution in [3.05, 3.63) is 0 Å². The maximum Gasteiger partial charge on any atom is 0.239 e. The van der Waals surface area contributed by atoms with E-state index in [1.807, 2.05) is 0 Å². The van der Waals surface area contributed by atoms with E-state index in [-0.39, 0.29) is 24.3 Å². The fourth-order valence-electron chi connectivity index (χ4n) is 2.17. The van der Waals surface area contributed by atoms with Crippen molar-refractivity contribution in [3.8, 4) is 0 Å². The number of methoxy groups -OCH3 is 1. The Morgan fingerprint density at radius 3 is 2.89 bits per heavy atom. The molecular formula is C13H25N3O3. The molecule has 19 heavy (non-hydrogen) atoms. The first-order valence-electron chi connectivity index (χ1n) is 6.86. The number of nitrogens with one attached hydrogen (secondary N) is 2. The third-order valence-electron chi connectivity index (χ3n) is 3.25. The maximum atomic E-state index is 12.1. The fourth-order valence-corrected chi connectivity index (χ4v) is 2.17. The van der Waals surface area contributed by atoms with Crippen LogP contribution in [-0.4, -0.2) is 63.7 Å². The summed E-state index contributed by atoms with van der Waals surface area (Å²) in [6.45, 7) is 3.04. The third kappa shape index (κ3) is 6.02. The van der Waals surface area contributed by atoms with Crippen LogP contribution in [-0.2, 0) is 14.3 Å². The lowest BCUT2D eigenvalue weighted by molar-refractivity contribution is -0.138. The number of amides is 2. The van der Waals surface area contributed by atoms with Gasteiger partial charge in [-0.25, -0.2) is 0 Å². The van der Waals surface area contributed by atoms with E-state index in [1.54, 1.807) is 14.2 Å². The highest BCUT2D eigenvalue weighted by Crippen LogP contribution is 2.12. The van der Waals surface area contributed by atoms with Crippen LogP contribution in [0.25, 0.3) is 0 Å². The standard InChI is InChI=1S/C13H25N3O3/c1-16(10-12(17)15-7-4-8-19-2)13(18)11-5-3-6-14-9-11/h11,14H,3-10H2,1-2H3,(H,15,17). The fraction of sp³-hybridized carbons (Fsp3) is 0.846. The molecule has 1 atom stereocenters. The third-order valence-corrected chi connectivity index (χ3v) is 3.25. The Morgan fingerprint density at radius 1 is 1.47 bits per heavy atom. The van der Waals surface area contributed by atoms with Crippen molar-refractivity contribution in [2.24, 2.45) is 5.92 Å². The number of ether oxygens (including phenoxy) is 1. The molecular weight excluding hydrogens is 246 g/mol. The molecule has 2 N–H and O–H groups in total. The van der Waals surface area contributed by atoms with Crippen LogP contribution >= 0.6 is 0 Å². The first kappa shape index (κ1) is 15.9. The van der Waals surface area contributed by atoms with Crippen molar-refractivity contribution in [2.45, 2.75) is 19.3 Å². The minimum atomic E-state index is -0.115. The summed E-state index contributed by atoms with van der Waals surface area (Å²) in [5.41, 5.74) is 0. The van der Waals surface area contributed by atoms with E-state index < -0.39 is 0 Å². The molecule has 1 aliphatic rings. The van der Waals surface area contributed by atoms with Crippen molar-refractivity contribution in [1.29, 1.82) is 0 Å². The second-order valence-electron chi connectivity index (χ2n) is 4.93. The monoisotopic (exact) mass is 271 g/mol. The summed E-state index contributed by atoms with van der Waals surface area (Å²) in [6, 6.07) is 0. The van der Waals surface area contributed by atoms with Gasteiger partial charge in [0.15, 0.2) is 0 Å². The molecule has 0 saturated carbocycles. The van der Waals surface area contributed by atoms with Crippen LogP contribution in [0.4, 0.5) is 0 Å². The topological polar surface area (TPSA) is 70.7 Å². The van der Waals surface area contributed by atoms with Crippen molar-refractivity contribution in [3.63, 3.8) is 0 Å². The molecule has 110 valence electrons. The van der Waals surface area contributed by atoms with Gasteiger partial charge in [0, 0.05) is 33.9 Å². The largest absolute Gasteiger partial charge is 0.385 e. The molecule has 0 radical (unpaired) electrons. The Kier molecular flexibility index (Phi) is 7.43. The van der Waals surface area contributed by atoms with Gasteiger partial charge in [-0.15, -0.1) is 0 Å². The quantitative estimate of drug-likeness (QED) is 0.618. The molecule has 0 bridgehead atoms. The Hall–Kier alpha value is -1.14. The molecule has 6 heteroatoms. The van der Waals surface area contributed by atoms with Gasteiger partial charge in [0.2, 0.25) is 11.8 Å². The van der Waals surface area contributed by atoms with Gasteiger partial charge >= 0.3 is 0 Å². The van der Waals surface area contributed by atoms with Crippen LogP contribution in [0.1, 0.15) is 19.3 Å². The van der Waals surface area contributed by atoms with E-state index in [9.17, 15) is 9.59 Å². The number of piperidine rings is 1. The van der Waals surface area contributed by atoms with Gasteiger partial charge in [-0.05, 0) is 25.8 Å². The van der Waals surface area contributed by atoms with Crippen molar-refractivity contribution < 1.29 is 14.3 Å². The Labute approximate surface area is 114 Å². The number of nitrogens with zero attached hydrogens (tertiary/aromatic N) is 1. The van der Waals surface area contributed by atoms with Gasteiger partial charge in [-0.3, -0.25) is 9.59 Å². The minimum Gasteiger partial charge on any atom is -0.385 e. The van der Waals surface area contributed by atoms with E-state index in [2.05, 4.69) is 10.6 Å². The molecule has 1 fully saturated rings. The molecule has 0 aromatic rings. The lowest BCUT2D eigenvalue weighted by Gasteiger charge is -2.26. The molecule has 1 unspecified atom stereocenters. The van der Waals surface area contributed by atoms with Crippen LogP contribution in [0, 0.1) is 5.92 Å². The van der Waals surface area contributed by atoms with Crippen LogP contribution in [0.2, 0.25) is 0 Å². The van der Waals surface area contributed by atoms with Crippen LogP contribution in [0.15, 0.2) is 0 Å². The van der Waals surface area contributed by atoms with E-state index in [1.165, 1.54) is 4.90 Å².